The number of hydrogen-bond acceptors (Lipinski definition) is 4. The Balaban J connectivity index is 2.11. The molecule has 1 aliphatic rings. The summed E-state index contributed by atoms with van der Waals surface area (Å²) >= 11 is 6.59. The predicted molar refractivity (Wildman–Crippen MR) is 68.1 cm³/mol. The van der Waals surface area contributed by atoms with E-state index in [4.69, 9.17) is 12.2 Å². The third-order valence-corrected chi connectivity index (χ3v) is 3.42. The van der Waals surface area contributed by atoms with Gasteiger partial charge in [-0.2, -0.15) is 0 Å². The topological polar surface area (TPSA) is 31.4 Å². The molecular formula is C10H13N3S2. The van der Waals surface area contributed by atoms with Gasteiger partial charge in [-0.05, 0) is 30.8 Å². The molecule has 0 spiro atoms. The molecule has 0 amide bonds. The summed E-state index contributed by atoms with van der Waals surface area (Å²) < 4.78 is 0.814. The summed E-state index contributed by atoms with van der Waals surface area (Å²) in [6, 6.07) is 0. The molecule has 0 atom stereocenters. The summed E-state index contributed by atoms with van der Waals surface area (Å²) in [7, 11) is 2.07. The molecule has 0 aliphatic carbocycles. The molecule has 5 heteroatoms. The first-order chi connectivity index (χ1) is 7.25. The summed E-state index contributed by atoms with van der Waals surface area (Å²) in [5.74, 6) is 1.06. The molecule has 0 radical (unpaired) electrons. The van der Waals surface area contributed by atoms with Gasteiger partial charge < -0.3 is 9.88 Å². The highest BCUT2D eigenvalue weighted by molar-refractivity contribution is 7.73. The molecule has 15 heavy (non-hydrogen) atoms. The van der Waals surface area contributed by atoms with Gasteiger partial charge in [0.15, 0.2) is 3.95 Å². The molecule has 2 rings (SSSR count). The van der Waals surface area contributed by atoms with Crippen LogP contribution in [-0.2, 0) is 0 Å². The molecule has 2 heterocycles. The minimum atomic E-state index is 0.814. The van der Waals surface area contributed by atoms with Crippen LogP contribution >= 0.6 is 23.6 Å². The molecule has 0 saturated carbocycles. The number of hydrogen-bond donors (Lipinski definition) is 1. The second-order valence-corrected chi connectivity index (χ2v) is 5.18. The van der Waals surface area contributed by atoms with Crippen molar-refractivity contribution in [2.75, 3.05) is 20.1 Å². The lowest BCUT2D eigenvalue weighted by Gasteiger charge is -2.22. The van der Waals surface area contributed by atoms with Crippen LogP contribution in [0.5, 0.6) is 0 Å². The second-order valence-electron chi connectivity index (χ2n) is 3.43. The number of amidine groups is 1. The van der Waals surface area contributed by atoms with Crippen LogP contribution in [0, 0.1) is 3.95 Å². The lowest BCUT2D eigenvalue weighted by Crippen LogP contribution is -2.30. The van der Waals surface area contributed by atoms with Crippen LogP contribution in [0.4, 0.5) is 0 Å². The van der Waals surface area contributed by atoms with E-state index in [0.717, 1.165) is 34.2 Å². The zero-order valence-electron chi connectivity index (χ0n) is 8.56. The van der Waals surface area contributed by atoms with Crippen molar-refractivity contribution in [2.45, 2.75) is 6.42 Å². The highest BCUT2D eigenvalue weighted by Crippen LogP contribution is 2.11. The molecule has 1 aromatic rings. The van der Waals surface area contributed by atoms with E-state index in [1.165, 1.54) is 0 Å². The Hall–Kier alpha value is -0.940. The van der Waals surface area contributed by atoms with Crippen LogP contribution < -0.4 is 0 Å². The third-order valence-electron chi connectivity index (χ3n) is 2.26. The fourth-order valence-electron chi connectivity index (χ4n) is 1.45. The minimum Gasteiger partial charge on any atom is -0.360 e. The maximum atomic E-state index is 5.02. The molecule has 1 aliphatic heterocycles. The summed E-state index contributed by atoms with van der Waals surface area (Å²) in [6.45, 7) is 2.03. The average molecular weight is 239 g/mol. The monoisotopic (exact) mass is 239 g/mol. The van der Waals surface area contributed by atoms with Crippen molar-refractivity contribution in [3.05, 3.63) is 21.1 Å². The standard InChI is InChI=1S/C10H13N3S2/c1-13-6-2-5-11-9(13)4-3-8-7-12-10(14)15-8/h3-4,7H,2,5-6H2,1H3,(H,12,14)/b4-3+. The van der Waals surface area contributed by atoms with Crippen molar-refractivity contribution >= 4 is 35.5 Å². The number of nitrogens with one attached hydrogen (secondary N) is 1. The lowest BCUT2D eigenvalue weighted by atomic mass is 10.3. The third kappa shape index (κ3) is 2.76. The van der Waals surface area contributed by atoms with Crippen LogP contribution in [0.3, 0.4) is 0 Å². The Morgan fingerprint density at radius 1 is 1.60 bits per heavy atom. The second kappa shape index (κ2) is 4.72. The fourth-order valence-corrected chi connectivity index (χ4v) is 2.38. The van der Waals surface area contributed by atoms with Crippen molar-refractivity contribution in [3.63, 3.8) is 0 Å². The van der Waals surface area contributed by atoms with Crippen LogP contribution in [0.2, 0.25) is 0 Å². The zero-order valence-corrected chi connectivity index (χ0v) is 10.2. The van der Waals surface area contributed by atoms with E-state index in [0.29, 0.717) is 0 Å². The lowest BCUT2D eigenvalue weighted by molar-refractivity contribution is 0.470. The van der Waals surface area contributed by atoms with Gasteiger partial charge in [0, 0.05) is 31.2 Å². The average Bonchev–Trinajstić information content (AvgIpc) is 2.63. The molecular weight excluding hydrogens is 226 g/mol. The Kier molecular flexibility index (Phi) is 3.33. The highest BCUT2D eigenvalue weighted by Gasteiger charge is 2.06. The van der Waals surface area contributed by atoms with E-state index >= 15 is 0 Å². The molecule has 80 valence electrons. The van der Waals surface area contributed by atoms with Gasteiger partial charge in [0.25, 0.3) is 0 Å². The number of aromatic amines is 1. The van der Waals surface area contributed by atoms with E-state index in [2.05, 4.69) is 28.0 Å². The number of likely N-dealkylation sites (N-methyl/N-ethyl adjacent to an activating group) is 1. The van der Waals surface area contributed by atoms with Crippen molar-refractivity contribution in [1.29, 1.82) is 0 Å². The maximum Gasteiger partial charge on any atom is 0.158 e. The maximum absolute atomic E-state index is 5.02. The van der Waals surface area contributed by atoms with Gasteiger partial charge in [-0.25, -0.2) is 0 Å². The quantitative estimate of drug-likeness (QED) is 0.804. The van der Waals surface area contributed by atoms with E-state index < -0.39 is 0 Å². The molecule has 0 saturated heterocycles. The van der Waals surface area contributed by atoms with Crippen LogP contribution in [0.15, 0.2) is 17.3 Å². The molecule has 3 nitrogen and oxygen atoms in total. The van der Waals surface area contributed by atoms with Gasteiger partial charge in [0.2, 0.25) is 0 Å². The van der Waals surface area contributed by atoms with Gasteiger partial charge in [-0.15, -0.1) is 11.3 Å². The van der Waals surface area contributed by atoms with E-state index in [-0.39, 0.29) is 0 Å². The van der Waals surface area contributed by atoms with Crippen LogP contribution in [0.1, 0.15) is 11.3 Å². The summed E-state index contributed by atoms with van der Waals surface area (Å²) in [6.07, 6.45) is 7.18. The van der Waals surface area contributed by atoms with E-state index in [9.17, 15) is 0 Å². The Labute approximate surface area is 98.2 Å². The largest absolute Gasteiger partial charge is 0.360 e. The molecule has 0 aromatic carbocycles. The highest BCUT2D eigenvalue weighted by atomic mass is 32.1. The molecule has 1 N–H and O–H groups in total. The van der Waals surface area contributed by atoms with Gasteiger partial charge in [0.05, 0.1) is 0 Å². The summed E-state index contributed by atoms with van der Waals surface area (Å²) in [5, 5.41) is 0. The Bertz CT molecular complexity index is 442. The van der Waals surface area contributed by atoms with E-state index in [1.54, 1.807) is 11.3 Å². The molecule has 0 fully saturated rings. The van der Waals surface area contributed by atoms with Crippen LogP contribution in [0.25, 0.3) is 6.08 Å². The van der Waals surface area contributed by atoms with Gasteiger partial charge >= 0.3 is 0 Å². The molecule has 0 bridgehead atoms. The van der Waals surface area contributed by atoms with Crippen molar-refractivity contribution in [3.8, 4) is 0 Å². The number of aromatic nitrogens is 1. The van der Waals surface area contributed by atoms with Gasteiger partial charge in [-0.3, -0.25) is 4.99 Å². The molecule has 0 unspecified atom stereocenters. The normalized spacial score (nSPS) is 17.1. The predicted octanol–water partition coefficient (Wildman–Crippen LogP) is 2.55. The van der Waals surface area contributed by atoms with Crippen molar-refractivity contribution < 1.29 is 0 Å². The Morgan fingerprint density at radius 2 is 2.47 bits per heavy atom. The smallest absolute Gasteiger partial charge is 0.158 e. The number of aliphatic imine (C=N–C) groups is 1. The summed E-state index contributed by atoms with van der Waals surface area (Å²) in [4.78, 5) is 10.8. The first-order valence-corrected chi connectivity index (χ1v) is 6.10. The first-order valence-electron chi connectivity index (χ1n) is 4.88. The first kappa shape index (κ1) is 10.6. The number of nitrogens with zero attached hydrogens (tertiary/aromatic N) is 2. The number of H-pyrrole nitrogens is 1. The van der Waals surface area contributed by atoms with Crippen molar-refractivity contribution in [2.24, 2.45) is 4.99 Å². The number of thiazole rings is 1. The van der Waals surface area contributed by atoms with Gasteiger partial charge in [-0.1, -0.05) is 0 Å². The molecule has 1 aromatic heterocycles. The zero-order chi connectivity index (χ0) is 10.7. The SMILES string of the molecule is CN1CCCN=C1/C=C/c1c[nH]c(=S)s1. The number of rotatable bonds is 2. The van der Waals surface area contributed by atoms with Crippen LogP contribution in [-0.4, -0.2) is 35.9 Å². The van der Waals surface area contributed by atoms with E-state index in [1.807, 2.05) is 12.3 Å². The van der Waals surface area contributed by atoms with Crippen molar-refractivity contribution in [1.82, 2.24) is 9.88 Å². The fraction of sp³-hybridized carbons (Fsp3) is 0.400. The van der Waals surface area contributed by atoms with Gasteiger partial charge in [0.1, 0.15) is 5.84 Å². The minimum absolute atomic E-state index is 0.814. The Morgan fingerprint density at radius 3 is 3.13 bits per heavy atom. The summed E-state index contributed by atoms with van der Waals surface area (Å²) in [5.41, 5.74) is 0.